The molecule has 9 nitrogen and oxygen atoms in total. The van der Waals surface area contributed by atoms with Crippen LogP contribution in [0.5, 0.6) is 0 Å². The third kappa shape index (κ3) is 4.43. The summed E-state index contributed by atoms with van der Waals surface area (Å²) < 4.78 is 5.50. The van der Waals surface area contributed by atoms with Crippen LogP contribution in [0, 0.1) is 11.3 Å². The van der Waals surface area contributed by atoms with Gasteiger partial charge in [-0.1, -0.05) is 0 Å². The molecule has 1 aliphatic heterocycles. The van der Waals surface area contributed by atoms with Crippen LogP contribution in [0.25, 0.3) is 0 Å². The Labute approximate surface area is 167 Å². The minimum absolute atomic E-state index is 0.116. The summed E-state index contributed by atoms with van der Waals surface area (Å²) in [5.41, 5.74) is 2.09. The van der Waals surface area contributed by atoms with Gasteiger partial charge in [-0.3, -0.25) is 4.90 Å². The fourth-order valence-corrected chi connectivity index (χ4v) is 3.45. The highest BCUT2D eigenvalue weighted by Crippen LogP contribution is 2.32. The smallest absolute Gasteiger partial charge is 0.468 e. The summed E-state index contributed by atoms with van der Waals surface area (Å²) in [7, 11) is -1.61. The predicted molar refractivity (Wildman–Crippen MR) is 105 cm³/mol. The molecule has 1 aliphatic rings. The molecule has 10 heteroatoms. The molecule has 1 unspecified atom stereocenters. The molecular formula is C19H19BN6O3. The minimum atomic E-state index is -1.61. The Morgan fingerprint density at radius 1 is 1.24 bits per heavy atom. The normalized spacial score (nSPS) is 16.5. The predicted octanol–water partition coefficient (Wildman–Crippen LogP) is 1.10. The van der Waals surface area contributed by atoms with E-state index >= 15 is 0 Å². The van der Waals surface area contributed by atoms with Crippen LogP contribution >= 0.6 is 0 Å². The van der Waals surface area contributed by atoms with E-state index in [0.717, 1.165) is 25.1 Å². The van der Waals surface area contributed by atoms with Crippen LogP contribution in [0.4, 0.5) is 11.6 Å². The Morgan fingerprint density at radius 3 is 2.86 bits per heavy atom. The summed E-state index contributed by atoms with van der Waals surface area (Å²) in [6.07, 6.45) is 5.28. The third-order valence-electron chi connectivity index (χ3n) is 4.81. The largest absolute Gasteiger partial charge is 0.526 e. The van der Waals surface area contributed by atoms with Gasteiger partial charge in [0.2, 0.25) is 5.95 Å². The Kier molecular flexibility index (Phi) is 5.53. The van der Waals surface area contributed by atoms with Gasteiger partial charge in [0, 0.05) is 6.20 Å². The zero-order valence-corrected chi connectivity index (χ0v) is 15.6. The number of nitrogens with zero attached hydrogens (tertiary/aromatic N) is 5. The van der Waals surface area contributed by atoms with Crippen LogP contribution in [0.1, 0.15) is 36.0 Å². The van der Waals surface area contributed by atoms with Crippen LogP contribution in [-0.4, -0.2) is 43.6 Å². The van der Waals surface area contributed by atoms with Crippen molar-refractivity contribution in [2.24, 2.45) is 0 Å². The first-order valence-corrected chi connectivity index (χ1v) is 9.27. The average Bonchev–Trinajstić information content (AvgIpc) is 3.39. The summed E-state index contributed by atoms with van der Waals surface area (Å²) in [5.74, 6) is 1.14. The zero-order chi connectivity index (χ0) is 20.2. The molecule has 146 valence electrons. The fraction of sp³-hybridized carbons (Fsp3) is 0.263. The first-order chi connectivity index (χ1) is 14.1. The second-order valence-electron chi connectivity index (χ2n) is 6.78. The highest BCUT2D eigenvalue weighted by Gasteiger charge is 2.28. The lowest BCUT2D eigenvalue weighted by Crippen LogP contribution is -2.28. The van der Waals surface area contributed by atoms with Crippen LogP contribution in [0.15, 0.2) is 47.1 Å². The number of furan rings is 1. The van der Waals surface area contributed by atoms with E-state index in [9.17, 15) is 10.0 Å². The van der Waals surface area contributed by atoms with Crippen molar-refractivity contribution in [1.29, 1.82) is 5.26 Å². The topological polar surface area (TPSA) is 131 Å². The number of hydrogen-bond acceptors (Lipinski definition) is 9. The van der Waals surface area contributed by atoms with E-state index in [1.165, 1.54) is 0 Å². The molecule has 1 fully saturated rings. The maximum absolute atomic E-state index is 9.21. The number of nitriles is 1. The Balaban J connectivity index is 1.47. The van der Waals surface area contributed by atoms with E-state index in [0.29, 0.717) is 29.6 Å². The van der Waals surface area contributed by atoms with Gasteiger partial charge in [-0.2, -0.15) is 5.26 Å². The van der Waals surface area contributed by atoms with Crippen molar-refractivity contribution < 1.29 is 14.5 Å². The van der Waals surface area contributed by atoms with Crippen molar-refractivity contribution >= 4 is 24.4 Å². The lowest BCUT2D eigenvalue weighted by Gasteiger charge is -2.23. The van der Waals surface area contributed by atoms with Gasteiger partial charge in [-0.15, -0.1) is 0 Å². The van der Waals surface area contributed by atoms with Gasteiger partial charge in [-0.25, -0.2) is 15.0 Å². The monoisotopic (exact) mass is 390 g/mol. The van der Waals surface area contributed by atoms with Gasteiger partial charge in [0.1, 0.15) is 23.2 Å². The molecule has 4 rings (SSSR count). The van der Waals surface area contributed by atoms with Crippen molar-refractivity contribution in [2.45, 2.75) is 25.4 Å². The highest BCUT2D eigenvalue weighted by atomic mass is 16.4. The minimum Gasteiger partial charge on any atom is -0.468 e. The van der Waals surface area contributed by atoms with E-state index < -0.39 is 7.12 Å². The molecule has 0 radical (unpaired) electrons. The third-order valence-corrected chi connectivity index (χ3v) is 4.81. The molecular weight excluding hydrogens is 371 g/mol. The number of rotatable bonds is 6. The number of likely N-dealkylation sites (tertiary alicyclic amines) is 1. The van der Waals surface area contributed by atoms with Crippen LogP contribution in [0.3, 0.4) is 0 Å². The average molecular weight is 390 g/mol. The molecule has 3 aromatic rings. The van der Waals surface area contributed by atoms with E-state index in [1.807, 2.05) is 12.1 Å². The van der Waals surface area contributed by atoms with Crippen molar-refractivity contribution in [3.05, 3.63) is 59.9 Å². The standard InChI is InChI=1S/C19H19BN6O3/c21-10-13-3-4-14(11-23-13)24-19-22-8-7-16(25-19)17-2-1-9-26(17)12-15-5-6-18(29-15)20(27)28/h3-8,11,17,27-28H,1-2,9,12H2,(H,22,24,25). The van der Waals surface area contributed by atoms with Gasteiger partial charge in [0.15, 0.2) is 0 Å². The van der Waals surface area contributed by atoms with Crippen LogP contribution in [0.2, 0.25) is 0 Å². The maximum atomic E-state index is 9.21. The number of hydrogen-bond donors (Lipinski definition) is 3. The molecule has 0 saturated carbocycles. The number of nitrogens with one attached hydrogen (secondary N) is 1. The Hall–Kier alpha value is -3.26. The molecule has 3 N–H and O–H groups in total. The van der Waals surface area contributed by atoms with Gasteiger partial charge >= 0.3 is 7.12 Å². The second-order valence-corrected chi connectivity index (χ2v) is 6.78. The Morgan fingerprint density at radius 2 is 2.14 bits per heavy atom. The highest BCUT2D eigenvalue weighted by molar-refractivity contribution is 6.56. The molecule has 1 atom stereocenters. The molecule has 0 bridgehead atoms. The van der Waals surface area contributed by atoms with Gasteiger partial charge < -0.3 is 19.8 Å². The molecule has 4 heterocycles. The van der Waals surface area contributed by atoms with Crippen LogP contribution < -0.4 is 11.0 Å². The zero-order valence-electron chi connectivity index (χ0n) is 15.6. The lowest BCUT2D eigenvalue weighted by atomic mass is 9.88. The van der Waals surface area contributed by atoms with Gasteiger partial charge in [0.05, 0.1) is 30.2 Å². The van der Waals surface area contributed by atoms with Gasteiger partial charge in [-0.05, 0) is 49.7 Å². The first kappa shape index (κ1) is 19.1. The quantitative estimate of drug-likeness (QED) is 0.530. The fourth-order valence-electron chi connectivity index (χ4n) is 3.45. The van der Waals surface area contributed by atoms with Gasteiger partial charge in [0.25, 0.3) is 0 Å². The number of pyridine rings is 1. The van der Waals surface area contributed by atoms with Crippen LogP contribution in [-0.2, 0) is 6.54 Å². The summed E-state index contributed by atoms with van der Waals surface area (Å²) in [4.78, 5) is 15.2. The van der Waals surface area contributed by atoms with Crippen molar-refractivity contribution in [3.63, 3.8) is 0 Å². The van der Waals surface area contributed by atoms with E-state index in [1.54, 1.807) is 36.7 Å². The SMILES string of the molecule is N#Cc1ccc(Nc2nccc(C3CCCN3Cc3ccc(B(O)O)o3)n2)cn1. The lowest BCUT2D eigenvalue weighted by molar-refractivity contribution is 0.225. The Bertz CT molecular complexity index is 1020. The summed E-state index contributed by atoms with van der Waals surface area (Å²) >= 11 is 0. The molecule has 29 heavy (non-hydrogen) atoms. The molecule has 1 saturated heterocycles. The number of anilines is 2. The summed E-state index contributed by atoms with van der Waals surface area (Å²) in [6, 6.07) is 10.7. The van der Waals surface area contributed by atoms with Crippen molar-refractivity contribution in [1.82, 2.24) is 19.9 Å². The summed E-state index contributed by atoms with van der Waals surface area (Å²) in [5, 5.41) is 30.4. The molecule has 0 amide bonds. The summed E-state index contributed by atoms with van der Waals surface area (Å²) in [6.45, 7) is 1.46. The van der Waals surface area contributed by atoms with E-state index in [-0.39, 0.29) is 11.7 Å². The molecule has 0 aliphatic carbocycles. The maximum Gasteiger partial charge on any atom is 0.526 e. The molecule has 0 aromatic carbocycles. The van der Waals surface area contributed by atoms with Crippen molar-refractivity contribution in [2.75, 3.05) is 11.9 Å². The van der Waals surface area contributed by atoms with E-state index in [2.05, 4.69) is 25.2 Å². The first-order valence-electron chi connectivity index (χ1n) is 9.27. The second kappa shape index (κ2) is 8.40. The molecule has 3 aromatic heterocycles. The van der Waals surface area contributed by atoms with E-state index in [4.69, 9.17) is 9.68 Å². The van der Waals surface area contributed by atoms with Crippen molar-refractivity contribution in [3.8, 4) is 6.07 Å². The number of aromatic nitrogens is 3. The molecule has 0 spiro atoms.